The van der Waals surface area contributed by atoms with Crippen LogP contribution < -0.4 is 10.0 Å². The van der Waals surface area contributed by atoms with Crippen molar-refractivity contribution in [2.24, 2.45) is 0 Å². The number of benzene rings is 2. The molecule has 0 saturated heterocycles. The first-order valence-corrected chi connectivity index (χ1v) is 7.87. The van der Waals surface area contributed by atoms with Gasteiger partial charge in [0.25, 0.3) is 0 Å². The first kappa shape index (κ1) is 14.8. The van der Waals surface area contributed by atoms with Crippen molar-refractivity contribution in [3.63, 3.8) is 0 Å². The van der Waals surface area contributed by atoms with E-state index < -0.39 is 7.60 Å². The smallest absolute Gasteiger partial charge is 0.359 e. The molecule has 0 radical (unpaired) electrons. The lowest BCUT2D eigenvalue weighted by molar-refractivity contribution is 0.284. The molecule has 2 aromatic rings. The molecule has 1 atom stereocenters. The van der Waals surface area contributed by atoms with Crippen LogP contribution in [0.25, 0.3) is 11.1 Å². The number of ether oxygens (including phenoxy) is 1. The number of rotatable bonds is 5. The third-order valence-corrected chi connectivity index (χ3v) is 4.52. The fraction of sp³-hybridized carbons (Fsp3) is 0.200. The van der Waals surface area contributed by atoms with Gasteiger partial charge < -0.3 is 14.2 Å². The SMILES string of the molecule is CCOP(=O)(O)c1ccccc1-c1ccc(OC)cc1. The zero-order chi connectivity index (χ0) is 14.6. The van der Waals surface area contributed by atoms with Gasteiger partial charge in [0.15, 0.2) is 0 Å². The average molecular weight is 292 g/mol. The largest absolute Gasteiger partial charge is 0.497 e. The lowest BCUT2D eigenvalue weighted by Gasteiger charge is -2.15. The van der Waals surface area contributed by atoms with Crippen LogP contribution in [-0.2, 0) is 9.09 Å². The second-order valence-electron chi connectivity index (χ2n) is 4.18. The quantitative estimate of drug-likeness (QED) is 0.860. The van der Waals surface area contributed by atoms with Crippen LogP contribution in [0.2, 0.25) is 0 Å². The number of hydrogen-bond donors (Lipinski definition) is 1. The summed E-state index contributed by atoms with van der Waals surface area (Å²) in [5.41, 5.74) is 1.53. The Hall–Kier alpha value is -1.61. The molecule has 0 saturated carbocycles. The lowest BCUT2D eigenvalue weighted by atomic mass is 10.1. The molecule has 5 heteroatoms. The fourth-order valence-electron chi connectivity index (χ4n) is 1.98. The fourth-order valence-corrected chi connectivity index (χ4v) is 3.25. The van der Waals surface area contributed by atoms with Crippen LogP contribution >= 0.6 is 7.60 Å². The van der Waals surface area contributed by atoms with Gasteiger partial charge in [-0.25, -0.2) is 0 Å². The van der Waals surface area contributed by atoms with E-state index in [9.17, 15) is 9.46 Å². The maximum Gasteiger partial charge on any atom is 0.359 e. The summed E-state index contributed by atoms with van der Waals surface area (Å²) in [5, 5.41) is 0.312. The van der Waals surface area contributed by atoms with E-state index in [2.05, 4.69) is 0 Å². The summed E-state index contributed by atoms with van der Waals surface area (Å²) < 4.78 is 22.4. The monoisotopic (exact) mass is 292 g/mol. The Morgan fingerprint density at radius 1 is 1.10 bits per heavy atom. The highest BCUT2D eigenvalue weighted by molar-refractivity contribution is 7.61. The second-order valence-corrected chi connectivity index (χ2v) is 5.96. The topological polar surface area (TPSA) is 55.8 Å². The average Bonchev–Trinajstić information content (AvgIpc) is 2.47. The van der Waals surface area contributed by atoms with E-state index in [1.807, 2.05) is 30.3 Å². The predicted molar refractivity (Wildman–Crippen MR) is 79.5 cm³/mol. The van der Waals surface area contributed by atoms with E-state index in [4.69, 9.17) is 9.26 Å². The normalized spacial score (nSPS) is 13.8. The summed E-state index contributed by atoms with van der Waals surface area (Å²) in [6.07, 6.45) is 0. The van der Waals surface area contributed by atoms with Crippen LogP contribution in [0.3, 0.4) is 0 Å². The van der Waals surface area contributed by atoms with Crippen molar-refractivity contribution in [1.82, 2.24) is 0 Å². The summed E-state index contributed by atoms with van der Waals surface area (Å²) in [6.45, 7) is 1.88. The Morgan fingerprint density at radius 3 is 2.35 bits per heavy atom. The Kier molecular flexibility index (Phi) is 4.61. The van der Waals surface area contributed by atoms with Crippen LogP contribution in [0.1, 0.15) is 6.92 Å². The standard InChI is InChI=1S/C15H17O4P/c1-3-19-20(16,17)15-7-5-4-6-14(15)12-8-10-13(18-2)11-9-12/h4-11H,3H2,1-2H3,(H,16,17). The molecular formula is C15H17O4P. The molecule has 2 rings (SSSR count). The van der Waals surface area contributed by atoms with Crippen LogP contribution in [0, 0.1) is 0 Å². The molecule has 0 spiro atoms. The van der Waals surface area contributed by atoms with Crippen molar-refractivity contribution < 1.29 is 18.7 Å². The first-order valence-electron chi connectivity index (χ1n) is 6.30. The van der Waals surface area contributed by atoms with Gasteiger partial charge in [0.1, 0.15) is 5.75 Å². The molecule has 0 amide bonds. The zero-order valence-electron chi connectivity index (χ0n) is 11.4. The summed E-state index contributed by atoms with van der Waals surface area (Å²) in [7, 11) is -2.20. The third kappa shape index (κ3) is 3.10. The summed E-state index contributed by atoms with van der Waals surface area (Å²) in [4.78, 5) is 10.0. The third-order valence-electron chi connectivity index (χ3n) is 2.91. The van der Waals surface area contributed by atoms with Gasteiger partial charge in [-0.05, 0) is 36.2 Å². The van der Waals surface area contributed by atoms with Crippen LogP contribution in [0.5, 0.6) is 5.75 Å². The molecule has 20 heavy (non-hydrogen) atoms. The molecule has 0 aromatic heterocycles. The minimum absolute atomic E-state index is 0.185. The molecule has 0 aliphatic rings. The van der Waals surface area contributed by atoms with Gasteiger partial charge in [0, 0.05) is 0 Å². The van der Waals surface area contributed by atoms with Crippen LogP contribution in [0.4, 0.5) is 0 Å². The lowest BCUT2D eigenvalue weighted by Crippen LogP contribution is -2.10. The Labute approximate surface area is 118 Å². The molecule has 106 valence electrons. The first-order chi connectivity index (χ1) is 9.58. The molecule has 1 N–H and O–H groups in total. The van der Waals surface area contributed by atoms with Crippen molar-refractivity contribution in [1.29, 1.82) is 0 Å². The Balaban J connectivity index is 2.49. The highest BCUT2D eigenvalue weighted by Crippen LogP contribution is 2.43. The van der Waals surface area contributed by atoms with Gasteiger partial charge in [0.2, 0.25) is 0 Å². The number of methoxy groups -OCH3 is 1. The molecule has 4 nitrogen and oxygen atoms in total. The zero-order valence-corrected chi connectivity index (χ0v) is 12.3. The van der Waals surface area contributed by atoms with E-state index in [0.717, 1.165) is 11.3 Å². The molecule has 1 unspecified atom stereocenters. The highest BCUT2D eigenvalue weighted by atomic mass is 31.2. The van der Waals surface area contributed by atoms with Crippen molar-refractivity contribution in [3.05, 3.63) is 48.5 Å². The van der Waals surface area contributed by atoms with E-state index >= 15 is 0 Å². The van der Waals surface area contributed by atoms with E-state index in [1.54, 1.807) is 32.2 Å². The van der Waals surface area contributed by atoms with Crippen molar-refractivity contribution >= 4 is 12.9 Å². The predicted octanol–water partition coefficient (Wildman–Crippen LogP) is 3.21. The van der Waals surface area contributed by atoms with Gasteiger partial charge in [-0.15, -0.1) is 0 Å². The molecule has 0 heterocycles. The highest BCUT2D eigenvalue weighted by Gasteiger charge is 2.25. The Bertz CT molecular complexity index is 622. The van der Waals surface area contributed by atoms with Crippen LogP contribution in [0.15, 0.2) is 48.5 Å². The van der Waals surface area contributed by atoms with Gasteiger partial charge in [0.05, 0.1) is 19.0 Å². The van der Waals surface area contributed by atoms with Gasteiger partial charge >= 0.3 is 7.60 Å². The molecule has 2 aromatic carbocycles. The molecule has 0 fully saturated rings. The summed E-state index contributed by atoms with van der Waals surface area (Å²) in [6, 6.07) is 14.3. The van der Waals surface area contributed by atoms with E-state index in [-0.39, 0.29) is 6.61 Å². The van der Waals surface area contributed by atoms with Gasteiger partial charge in [-0.3, -0.25) is 4.57 Å². The van der Waals surface area contributed by atoms with Crippen molar-refractivity contribution in [2.45, 2.75) is 6.92 Å². The molecule has 0 bridgehead atoms. The van der Waals surface area contributed by atoms with E-state index in [0.29, 0.717) is 10.9 Å². The molecule has 0 aliphatic heterocycles. The minimum atomic E-state index is -3.80. The molecular weight excluding hydrogens is 275 g/mol. The maximum absolute atomic E-state index is 12.2. The van der Waals surface area contributed by atoms with Gasteiger partial charge in [-0.1, -0.05) is 30.3 Å². The van der Waals surface area contributed by atoms with Crippen molar-refractivity contribution in [2.75, 3.05) is 13.7 Å². The van der Waals surface area contributed by atoms with Crippen LogP contribution in [-0.4, -0.2) is 18.6 Å². The maximum atomic E-state index is 12.2. The minimum Gasteiger partial charge on any atom is -0.497 e. The van der Waals surface area contributed by atoms with Crippen molar-refractivity contribution in [3.8, 4) is 16.9 Å². The summed E-state index contributed by atoms with van der Waals surface area (Å²) in [5.74, 6) is 0.739. The van der Waals surface area contributed by atoms with E-state index in [1.165, 1.54) is 0 Å². The second kappa shape index (κ2) is 6.23. The molecule has 0 aliphatic carbocycles. The number of hydrogen-bond acceptors (Lipinski definition) is 3. The summed E-state index contributed by atoms with van der Waals surface area (Å²) >= 11 is 0. The Morgan fingerprint density at radius 2 is 1.75 bits per heavy atom. The van der Waals surface area contributed by atoms with Gasteiger partial charge in [-0.2, -0.15) is 0 Å².